The fourth-order valence-electron chi connectivity index (χ4n) is 3.72. The van der Waals surface area contributed by atoms with Crippen molar-refractivity contribution in [3.05, 3.63) is 59.1 Å². The van der Waals surface area contributed by atoms with Gasteiger partial charge in [0.1, 0.15) is 17.0 Å². The van der Waals surface area contributed by atoms with Crippen molar-refractivity contribution in [2.45, 2.75) is 26.7 Å². The van der Waals surface area contributed by atoms with Gasteiger partial charge in [0.2, 0.25) is 11.0 Å². The maximum absolute atomic E-state index is 13.2. The number of hydrogen-bond donors (Lipinski definition) is 2. The summed E-state index contributed by atoms with van der Waals surface area (Å²) in [4.78, 5) is 25.1. The average molecular weight is 439 g/mol. The molecule has 2 aromatic carbocycles. The van der Waals surface area contributed by atoms with Crippen molar-refractivity contribution >= 4 is 34.2 Å². The molecule has 2 N–H and O–H groups in total. The largest absolute Gasteiger partial charge is 0.457 e. The number of ether oxygens (including phenoxy) is 2. The first kappa shape index (κ1) is 20.8. The Hall–Kier alpha value is -3.46. The van der Waals surface area contributed by atoms with Gasteiger partial charge in [0.05, 0.1) is 12.0 Å². The summed E-state index contributed by atoms with van der Waals surface area (Å²) in [7, 11) is 0. The van der Waals surface area contributed by atoms with Crippen LogP contribution in [0.25, 0.3) is 0 Å². The van der Waals surface area contributed by atoms with E-state index in [1.54, 1.807) is 24.6 Å². The standard InChI is InChI=1S/C22H22N4O4S/c1-4-29-21(28)24-13-9-10-15-17(11-13)30-16-8-6-5-7-14(16)18(15)22(2,3)19(27)25-20-26-23-12-31-20/h5-12,18H,4H2,1-3H3,(H,24,28)(H,25,26,27). The van der Waals surface area contributed by atoms with Gasteiger partial charge in [-0.2, -0.15) is 0 Å². The molecule has 0 spiro atoms. The second-order valence-electron chi connectivity index (χ2n) is 7.59. The Morgan fingerprint density at radius 2 is 1.90 bits per heavy atom. The van der Waals surface area contributed by atoms with Gasteiger partial charge in [0.15, 0.2) is 0 Å². The highest BCUT2D eigenvalue weighted by Gasteiger charge is 2.43. The van der Waals surface area contributed by atoms with Crippen LogP contribution in [-0.2, 0) is 9.53 Å². The molecule has 1 aromatic heterocycles. The smallest absolute Gasteiger partial charge is 0.411 e. The molecule has 3 aromatic rings. The van der Waals surface area contributed by atoms with Crippen LogP contribution in [-0.4, -0.2) is 28.8 Å². The van der Waals surface area contributed by atoms with E-state index in [1.165, 1.54) is 11.3 Å². The summed E-state index contributed by atoms with van der Waals surface area (Å²) in [6, 6.07) is 13.0. The molecule has 31 heavy (non-hydrogen) atoms. The van der Waals surface area contributed by atoms with Gasteiger partial charge in [-0.15, -0.1) is 10.2 Å². The number of carbonyl (C=O) groups excluding carboxylic acids is 2. The zero-order valence-corrected chi connectivity index (χ0v) is 18.2. The molecular weight excluding hydrogens is 416 g/mol. The van der Waals surface area contributed by atoms with Crippen LogP contribution >= 0.6 is 11.3 Å². The molecule has 0 radical (unpaired) electrons. The summed E-state index contributed by atoms with van der Waals surface area (Å²) in [5, 5.41) is 13.7. The van der Waals surface area contributed by atoms with E-state index in [4.69, 9.17) is 9.47 Å². The van der Waals surface area contributed by atoms with E-state index in [-0.39, 0.29) is 18.4 Å². The highest BCUT2D eigenvalue weighted by atomic mass is 32.1. The fraction of sp³-hybridized carbons (Fsp3) is 0.273. The Morgan fingerprint density at radius 3 is 2.65 bits per heavy atom. The second-order valence-corrected chi connectivity index (χ2v) is 8.42. The lowest BCUT2D eigenvalue weighted by Gasteiger charge is -2.38. The number of aromatic nitrogens is 2. The van der Waals surface area contributed by atoms with E-state index in [0.29, 0.717) is 22.3 Å². The summed E-state index contributed by atoms with van der Waals surface area (Å²) in [5.74, 6) is 0.794. The van der Waals surface area contributed by atoms with Crippen LogP contribution in [0.1, 0.15) is 37.8 Å². The van der Waals surface area contributed by atoms with Crippen molar-refractivity contribution in [3.63, 3.8) is 0 Å². The van der Waals surface area contributed by atoms with Crippen molar-refractivity contribution in [2.24, 2.45) is 5.41 Å². The molecule has 0 aliphatic carbocycles. The monoisotopic (exact) mass is 438 g/mol. The molecule has 1 aliphatic rings. The van der Waals surface area contributed by atoms with Gasteiger partial charge in [-0.3, -0.25) is 10.1 Å². The third kappa shape index (κ3) is 4.09. The number of para-hydroxylation sites is 1. The van der Waals surface area contributed by atoms with Crippen LogP contribution in [0.5, 0.6) is 11.5 Å². The average Bonchev–Trinajstić information content (AvgIpc) is 3.25. The van der Waals surface area contributed by atoms with E-state index < -0.39 is 11.5 Å². The molecule has 9 heteroatoms. The number of nitrogens with zero attached hydrogens (tertiary/aromatic N) is 2. The molecule has 1 atom stereocenters. The first-order valence-corrected chi connectivity index (χ1v) is 10.7. The zero-order valence-electron chi connectivity index (χ0n) is 17.3. The van der Waals surface area contributed by atoms with Crippen LogP contribution in [0.4, 0.5) is 15.6 Å². The number of hydrogen-bond acceptors (Lipinski definition) is 7. The van der Waals surface area contributed by atoms with Gasteiger partial charge in [0, 0.05) is 28.8 Å². The third-order valence-electron chi connectivity index (χ3n) is 5.18. The molecule has 0 bridgehead atoms. The minimum Gasteiger partial charge on any atom is -0.457 e. The van der Waals surface area contributed by atoms with Gasteiger partial charge in [-0.1, -0.05) is 49.4 Å². The van der Waals surface area contributed by atoms with Crippen LogP contribution in [0, 0.1) is 5.41 Å². The summed E-state index contributed by atoms with van der Waals surface area (Å²) in [5.41, 5.74) is 3.05. The Morgan fingerprint density at radius 1 is 1.13 bits per heavy atom. The molecule has 0 fully saturated rings. The lowest BCUT2D eigenvalue weighted by molar-refractivity contribution is -0.124. The third-order valence-corrected chi connectivity index (χ3v) is 5.79. The first-order chi connectivity index (χ1) is 14.9. The highest BCUT2D eigenvalue weighted by molar-refractivity contribution is 7.13. The molecule has 1 aliphatic heterocycles. The van der Waals surface area contributed by atoms with Crippen molar-refractivity contribution < 1.29 is 19.1 Å². The maximum atomic E-state index is 13.2. The number of amides is 2. The molecule has 2 heterocycles. The van der Waals surface area contributed by atoms with Gasteiger partial charge in [-0.25, -0.2) is 4.79 Å². The van der Waals surface area contributed by atoms with Gasteiger partial charge in [0.25, 0.3) is 0 Å². The van der Waals surface area contributed by atoms with Gasteiger partial charge < -0.3 is 14.8 Å². The predicted octanol–water partition coefficient (Wildman–Crippen LogP) is 5.01. The van der Waals surface area contributed by atoms with Crippen LogP contribution in [0.2, 0.25) is 0 Å². The van der Waals surface area contributed by atoms with Crippen LogP contribution in [0.3, 0.4) is 0 Å². The first-order valence-electron chi connectivity index (χ1n) is 9.82. The van der Waals surface area contributed by atoms with E-state index in [1.807, 2.05) is 44.2 Å². The molecule has 160 valence electrons. The number of rotatable bonds is 5. The molecule has 4 rings (SSSR count). The number of fused-ring (bicyclic) bond motifs is 2. The SMILES string of the molecule is CCOC(=O)Nc1ccc2c(c1)Oc1ccccc1C2C(C)(C)C(=O)Nc1nncs1. The summed E-state index contributed by atoms with van der Waals surface area (Å²) in [6.07, 6.45) is -0.535. The Bertz CT molecular complexity index is 1110. The lowest BCUT2D eigenvalue weighted by Crippen LogP contribution is -2.38. The number of carbonyl (C=O) groups is 2. The van der Waals surface area contributed by atoms with E-state index >= 15 is 0 Å². The molecule has 0 saturated heterocycles. The van der Waals surface area contributed by atoms with Gasteiger partial charge >= 0.3 is 6.09 Å². The number of benzene rings is 2. The van der Waals surface area contributed by atoms with Gasteiger partial charge in [-0.05, 0) is 19.1 Å². The fourth-order valence-corrected chi connectivity index (χ4v) is 4.16. The van der Waals surface area contributed by atoms with E-state index in [9.17, 15) is 9.59 Å². The molecule has 0 saturated carbocycles. The minimum absolute atomic E-state index is 0.175. The second kappa shape index (κ2) is 8.35. The summed E-state index contributed by atoms with van der Waals surface area (Å²) in [6.45, 7) is 5.81. The van der Waals surface area contributed by atoms with E-state index in [0.717, 1.165) is 11.1 Å². The topological polar surface area (TPSA) is 102 Å². The van der Waals surface area contributed by atoms with E-state index in [2.05, 4.69) is 20.8 Å². The normalized spacial score (nSPS) is 14.6. The molecule has 1 unspecified atom stereocenters. The Labute approximate surface area is 183 Å². The van der Waals surface area contributed by atoms with Crippen molar-refractivity contribution in [1.82, 2.24) is 10.2 Å². The van der Waals surface area contributed by atoms with Crippen molar-refractivity contribution in [3.8, 4) is 11.5 Å². The van der Waals surface area contributed by atoms with Crippen LogP contribution < -0.4 is 15.4 Å². The zero-order chi connectivity index (χ0) is 22.0. The molecular formula is C22H22N4O4S. The van der Waals surface area contributed by atoms with Crippen molar-refractivity contribution in [2.75, 3.05) is 17.2 Å². The summed E-state index contributed by atoms with van der Waals surface area (Å²) < 4.78 is 11.1. The highest BCUT2D eigenvalue weighted by Crippen LogP contribution is 2.52. The Kier molecular flexibility index (Phi) is 5.60. The van der Waals surface area contributed by atoms with Crippen LogP contribution in [0.15, 0.2) is 48.0 Å². The quantitative estimate of drug-likeness (QED) is 0.581. The predicted molar refractivity (Wildman–Crippen MR) is 118 cm³/mol. The number of anilines is 2. The lowest BCUT2D eigenvalue weighted by atomic mass is 9.69. The minimum atomic E-state index is -0.837. The maximum Gasteiger partial charge on any atom is 0.411 e. The summed E-state index contributed by atoms with van der Waals surface area (Å²) >= 11 is 1.27. The molecule has 8 nitrogen and oxygen atoms in total. The molecule has 2 amide bonds. The van der Waals surface area contributed by atoms with Crippen molar-refractivity contribution in [1.29, 1.82) is 0 Å². The Balaban J connectivity index is 1.72. The number of nitrogens with one attached hydrogen (secondary N) is 2.